The Labute approximate surface area is 166 Å². The van der Waals surface area contributed by atoms with Gasteiger partial charge in [-0.05, 0) is 49.4 Å². The van der Waals surface area contributed by atoms with E-state index in [-0.39, 0.29) is 30.0 Å². The van der Waals surface area contributed by atoms with Gasteiger partial charge in [0.25, 0.3) is 5.91 Å². The number of hydrogen-bond donors (Lipinski definition) is 0. The summed E-state index contributed by atoms with van der Waals surface area (Å²) in [7, 11) is 0. The van der Waals surface area contributed by atoms with Crippen molar-refractivity contribution in [1.82, 2.24) is 4.90 Å². The third kappa shape index (κ3) is 4.34. The SMILES string of the molecule is CC1C(=O)N(c2ccc(F)c(Cl)c2)CCN1C(=O)COc1ccc(Cl)cc1. The number of anilines is 1. The van der Waals surface area contributed by atoms with Gasteiger partial charge in [0.05, 0.1) is 5.02 Å². The van der Waals surface area contributed by atoms with Crippen molar-refractivity contribution in [2.45, 2.75) is 13.0 Å². The monoisotopic (exact) mass is 410 g/mol. The highest BCUT2D eigenvalue weighted by molar-refractivity contribution is 6.31. The molecule has 0 aliphatic carbocycles. The van der Waals surface area contributed by atoms with Crippen molar-refractivity contribution >= 4 is 40.7 Å². The molecule has 2 amide bonds. The molecule has 27 heavy (non-hydrogen) atoms. The van der Waals surface area contributed by atoms with Gasteiger partial charge in [0, 0.05) is 23.8 Å². The predicted molar refractivity (Wildman–Crippen MR) is 102 cm³/mol. The molecule has 1 fully saturated rings. The molecule has 2 aromatic carbocycles. The number of piperazine rings is 1. The van der Waals surface area contributed by atoms with E-state index in [1.807, 2.05) is 0 Å². The molecule has 0 radical (unpaired) electrons. The van der Waals surface area contributed by atoms with E-state index in [0.29, 0.717) is 23.0 Å². The second kappa shape index (κ2) is 8.15. The highest BCUT2D eigenvalue weighted by Gasteiger charge is 2.35. The Balaban J connectivity index is 1.64. The normalized spacial score (nSPS) is 17.2. The van der Waals surface area contributed by atoms with Crippen LogP contribution in [0.1, 0.15) is 6.92 Å². The number of halogens is 3. The lowest BCUT2D eigenvalue weighted by molar-refractivity contribution is -0.142. The third-order valence-corrected chi connectivity index (χ3v) is 4.91. The van der Waals surface area contributed by atoms with E-state index in [1.165, 1.54) is 28.0 Å². The largest absolute Gasteiger partial charge is 0.484 e. The van der Waals surface area contributed by atoms with E-state index < -0.39 is 11.9 Å². The van der Waals surface area contributed by atoms with E-state index in [0.717, 1.165) is 0 Å². The number of rotatable bonds is 4. The summed E-state index contributed by atoms with van der Waals surface area (Å²) >= 11 is 11.6. The first kappa shape index (κ1) is 19.5. The average molecular weight is 411 g/mol. The molecular weight excluding hydrogens is 394 g/mol. The highest BCUT2D eigenvalue weighted by Crippen LogP contribution is 2.25. The van der Waals surface area contributed by atoms with Crippen molar-refractivity contribution in [3.8, 4) is 5.75 Å². The minimum Gasteiger partial charge on any atom is -0.484 e. The molecule has 1 unspecified atom stereocenters. The maximum atomic E-state index is 13.3. The molecule has 1 aliphatic rings. The molecule has 0 N–H and O–H groups in total. The molecule has 2 aromatic rings. The molecule has 3 rings (SSSR count). The van der Waals surface area contributed by atoms with Crippen LogP contribution in [0.15, 0.2) is 42.5 Å². The van der Waals surface area contributed by atoms with Crippen molar-refractivity contribution in [3.63, 3.8) is 0 Å². The molecule has 1 heterocycles. The lowest BCUT2D eigenvalue weighted by Gasteiger charge is -2.39. The second-order valence-corrected chi connectivity index (χ2v) is 6.94. The maximum absolute atomic E-state index is 13.3. The molecule has 0 spiro atoms. The smallest absolute Gasteiger partial charge is 0.261 e. The summed E-state index contributed by atoms with van der Waals surface area (Å²) in [5, 5.41) is 0.521. The minimum atomic E-state index is -0.663. The fourth-order valence-electron chi connectivity index (χ4n) is 2.88. The van der Waals surface area contributed by atoms with Gasteiger partial charge in [-0.3, -0.25) is 9.59 Å². The molecular formula is C19H17Cl2FN2O3. The Hall–Kier alpha value is -2.31. The highest BCUT2D eigenvalue weighted by atomic mass is 35.5. The zero-order valence-electron chi connectivity index (χ0n) is 14.5. The van der Waals surface area contributed by atoms with Crippen LogP contribution in [0.3, 0.4) is 0 Å². The molecule has 1 aliphatic heterocycles. The first-order valence-electron chi connectivity index (χ1n) is 8.31. The Morgan fingerprint density at radius 2 is 1.89 bits per heavy atom. The fourth-order valence-corrected chi connectivity index (χ4v) is 3.18. The summed E-state index contributed by atoms with van der Waals surface area (Å²) in [4.78, 5) is 28.1. The molecule has 8 heteroatoms. The van der Waals surface area contributed by atoms with Gasteiger partial charge < -0.3 is 14.5 Å². The van der Waals surface area contributed by atoms with Gasteiger partial charge in [-0.15, -0.1) is 0 Å². The number of benzene rings is 2. The van der Waals surface area contributed by atoms with Gasteiger partial charge in [-0.25, -0.2) is 4.39 Å². The topological polar surface area (TPSA) is 49.9 Å². The van der Waals surface area contributed by atoms with E-state index >= 15 is 0 Å². The molecule has 0 aromatic heterocycles. The predicted octanol–water partition coefficient (Wildman–Crippen LogP) is 3.78. The van der Waals surface area contributed by atoms with Crippen LogP contribution in [0.2, 0.25) is 10.0 Å². The summed E-state index contributed by atoms with van der Waals surface area (Å²) in [6.45, 7) is 2.10. The van der Waals surface area contributed by atoms with Gasteiger partial charge in [0.2, 0.25) is 5.91 Å². The van der Waals surface area contributed by atoms with Gasteiger partial charge in [0.1, 0.15) is 17.6 Å². The van der Waals surface area contributed by atoms with Crippen LogP contribution in [-0.4, -0.2) is 42.5 Å². The summed E-state index contributed by atoms with van der Waals surface area (Å²) in [6, 6.07) is 10.1. The second-order valence-electron chi connectivity index (χ2n) is 6.09. The molecule has 1 atom stereocenters. The average Bonchev–Trinajstić information content (AvgIpc) is 2.65. The lowest BCUT2D eigenvalue weighted by atomic mass is 10.1. The van der Waals surface area contributed by atoms with E-state index in [9.17, 15) is 14.0 Å². The maximum Gasteiger partial charge on any atom is 0.261 e. The van der Waals surface area contributed by atoms with Crippen molar-refractivity contribution in [2.75, 3.05) is 24.6 Å². The van der Waals surface area contributed by atoms with Crippen LogP contribution in [0.25, 0.3) is 0 Å². The number of hydrogen-bond acceptors (Lipinski definition) is 3. The van der Waals surface area contributed by atoms with Gasteiger partial charge in [-0.1, -0.05) is 23.2 Å². The van der Waals surface area contributed by atoms with Crippen molar-refractivity contribution in [1.29, 1.82) is 0 Å². The number of amides is 2. The van der Waals surface area contributed by atoms with Crippen LogP contribution < -0.4 is 9.64 Å². The summed E-state index contributed by atoms with van der Waals surface area (Å²) < 4.78 is 18.8. The van der Waals surface area contributed by atoms with Crippen molar-refractivity contribution in [3.05, 3.63) is 58.3 Å². The summed E-state index contributed by atoms with van der Waals surface area (Å²) in [5.74, 6) is -0.577. The quantitative estimate of drug-likeness (QED) is 0.770. The summed E-state index contributed by atoms with van der Waals surface area (Å²) in [5.41, 5.74) is 0.503. The first-order chi connectivity index (χ1) is 12.9. The molecule has 142 valence electrons. The van der Waals surface area contributed by atoms with Crippen LogP contribution >= 0.6 is 23.2 Å². The molecule has 1 saturated heterocycles. The number of nitrogens with zero attached hydrogens (tertiary/aromatic N) is 2. The van der Waals surface area contributed by atoms with E-state index in [1.54, 1.807) is 31.2 Å². The van der Waals surface area contributed by atoms with Crippen LogP contribution in [-0.2, 0) is 9.59 Å². The Morgan fingerprint density at radius 3 is 2.56 bits per heavy atom. The zero-order valence-corrected chi connectivity index (χ0v) is 16.0. The zero-order chi connectivity index (χ0) is 19.6. The fraction of sp³-hybridized carbons (Fsp3) is 0.263. The number of ether oxygens (including phenoxy) is 1. The molecule has 0 saturated carbocycles. The standard InChI is InChI=1S/C19H17Cl2FN2O3/c1-12-19(26)24(14-4-7-17(22)16(21)10-14)9-8-23(12)18(25)11-27-15-5-2-13(20)3-6-15/h2-7,10,12H,8-9,11H2,1H3. The van der Waals surface area contributed by atoms with Crippen LogP contribution in [0, 0.1) is 5.82 Å². The number of carbonyl (C=O) groups excluding carboxylic acids is 2. The van der Waals surface area contributed by atoms with Gasteiger partial charge in [-0.2, -0.15) is 0 Å². The third-order valence-electron chi connectivity index (χ3n) is 4.37. The molecule has 5 nitrogen and oxygen atoms in total. The lowest BCUT2D eigenvalue weighted by Crippen LogP contribution is -2.58. The Kier molecular flexibility index (Phi) is 5.87. The van der Waals surface area contributed by atoms with Crippen molar-refractivity contribution in [2.24, 2.45) is 0 Å². The van der Waals surface area contributed by atoms with Crippen LogP contribution in [0.5, 0.6) is 5.75 Å². The number of carbonyl (C=O) groups is 2. The summed E-state index contributed by atoms with van der Waals surface area (Å²) in [6.07, 6.45) is 0. The molecule has 0 bridgehead atoms. The van der Waals surface area contributed by atoms with Crippen LogP contribution in [0.4, 0.5) is 10.1 Å². The van der Waals surface area contributed by atoms with E-state index in [4.69, 9.17) is 27.9 Å². The minimum absolute atomic E-state index is 0.0529. The Morgan fingerprint density at radius 1 is 1.19 bits per heavy atom. The Bertz CT molecular complexity index is 861. The van der Waals surface area contributed by atoms with Gasteiger partial charge >= 0.3 is 0 Å². The first-order valence-corrected chi connectivity index (χ1v) is 9.06. The van der Waals surface area contributed by atoms with Crippen molar-refractivity contribution < 1.29 is 18.7 Å². The van der Waals surface area contributed by atoms with Gasteiger partial charge in [0.15, 0.2) is 6.61 Å². The van der Waals surface area contributed by atoms with E-state index in [2.05, 4.69) is 0 Å².